The number of hydrogen-bond acceptors (Lipinski definition) is 8. The number of nitrogens with one attached hydrogen (secondary N) is 4. The summed E-state index contributed by atoms with van der Waals surface area (Å²) in [4.78, 5) is 44.6. The number of aromatic hydroxyl groups is 1. The van der Waals surface area contributed by atoms with Crippen LogP contribution >= 0.6 is 0 Å². The van der Waals surface area contributed by atoms with E-state index in [1.54, 1.807) is 24.4 Å². The topological polar surface area (TPSA) is 166 Å². The van der Waals surface area contributed by atoms with Crippen LogP contribution in [0.3, 0.4) is 0 Å². The Kier molecular flexibility index (Phi) is 11.3. The van der Waals surface area contributed by atoms with Gasteiger partial charge in [0.05, 0.1) is 44.5 Å². The summed E-state index contributed by atoms with van der Waals surface area (Å²) in [5.41, 5.74) is 4.73. The standard InChI is InChI=1S/C40H44N6O6/c1-46(2)20-18-29(19-21-46)52-40(51)43-33-22-26(8-11-30(33)28-6-4-3-5-7-28)10-16-37(49)44-36-15-9-27(24-42-36)23-41-25-35(48)31-12-14-34(47)39-32(31)13-17-38(50)45-39/h3-9,11-15,17,22,24,29,35,41,48H,10,16,18-21,23,25H2,1-2H3,(H3-,42,43,44,45,47,49,50,51)/p+1/t35-/m0/s1. The summed E-state index contributed by atoms with van der Waals surface area (Å²) in [6.07, 6.45) is 2.50. The lowest BCUT2D eigenvalue weighted by atomic mass is 9.99. The molecule has 6 rings (SSSR count). The number of aliphatic hydroxyl groups is 1. The molecule has 1 saturated heterocycles. The van der Waals surface area contributed by atoms with Gasteiger partial charge in [0.1, 0.15) is 17.7 Å². The molecule has 0 radical (unpaired) electrons. The van der Waals surface area contributed by atoms with Gasteiger partial charge in [0.2, 0.25) is 11.5 Å². The average Bonchev–Trinajstić information content (AvgIpc) is 3.13. The molecule has 0 aliphatic carbocycles. The molecule has 1 aliphatic heterocycles. The van der Waals surface area contributed by atoms with Gasteiger partial charge in [-0.05, 0) is 52.9 Å². The largest absolute Gasteiger partial charge is 0.506 e. The van der Waals surface area contributed by atoms with Crippen LogP contribution in [0.4, 0.5) is 16.3 Å². The van der Waals surface area contributed by atoms with Gasteiger partial charge in [0, 0.05) is 55.6 Å². The molecule has 0 unspecified atom stereocenters. The van der Waals surface area contributed by atoms with Gasteiger partial charge >= 0.3 is 6.09 Å². The lowest BCUT2D eigenvalue weighted by Gasteiger charge is -2.36. The zero-order chi connectivity index (χ0) is 36.7. The van der Waals surface area contributed by atoms with Crippen molar-refractivity contribution < 1.29 is 29.0 Å². The zero-order valence-electron chi connectivity index (χ0n) is 29.4. The summed E-state index contributed by atoms with van der Waals surface area (Å²) < 4.78 is 6.73. The number of amides is 2. The maximum Gasteiger partial charge on any atom is 0.411 e. The minimum atomic E-state index is -0.885. The third-order valence-corrected chi connectivity index (χ3v) is 9.46. The van der Waals surface area contributed by atoms with Crippen LogP contribution in [0.5, 0.6) is 5.75 Å². The van der Waals surface area contributed by atoms with E-state index in [0.717, 1.165) is 52.7 Å². The number of ether oxygens (including phenoxy) is 1. The molecule has 1 aliphatic rings. The second-order valence-electron chi connectivity index (χ2n) is 13.9. The first-order valence-electron chi connectivity index (χ1n) is 17.5. The van der Waals surface area contributed by atoms with Crippen LogP contribution in [0.25, 0.3) is 22.0 Å². The third kappa shape index (κ3) is 9.40. The van der Waals surface area contributed by atoms with E-state index in [9.17, 15) is 24.6 Å². The number of carbonyl (C=O) groups is 2. The van der Waals surface area contributed by atoms with Crippen LogP contribution in [0.1, 0.15) is 42.1 Å². The Balaban J connectivity index is 1.01. The Morgan fingerprint density at radius 2 is 1.73 bits per heavy atom. The number of H-pyrrole nitrogens is 1. The Labute approximate surface area is 302 Å². The quantitative estimate of drug-likeness (QED) is 0.0930. The van der Waals surface area contributed by atoms with E-state index in [-0.39, 0.29) is 41.8 Å². The molecule has 3 aromatic carbocycles. The number of rotatable bonds is 12. The van der Waals surface area contributed by atoms with Crippen LogP contribution in [0, 0.1) is 0 Å². The fourth-order valence-electron chi connectivity index (χ4n) is 6.45. The number of aliphatic hydroxyl groups excluding tert-OH is 1. The van der Waals surface area contributed by atoms with Crippen LogP contribution in [-0.2, 0) is 22.5 Å². The van der Waals surface area contributed by atoms with Gasteiger partial charge in [0.15, 0.2) is 0 Å². The first-order chi connectivity index (χ1) is 25.0. The van der Waals surface area contributed by atoms with Gasteiger partial charge in [-0.2, -0.15) is 0 Å². The smallest absolute Gasteiger partial charge is 0.411 e. The Hall–Kier alpha value is -5.56. The summed E-state index contributed by atoms with van der Waals surface area (Å²) in [7, 11) is 4.37. The van der Waals surface area contributed by atoms with Crippen molar-refractivity contribution >= 4 is 34.4 Å². The number of piperidine rings is 1. The van der Waals surface area contributed by atoms with Crippen molar-refractivity contribution in [2.45, 2.75) is 44.4 Å². The molecule has 1 fully saturated rings. The third-order valence-electron chi connectivity index (χ3n) is 9.46. The second kappa shape index (κ2) is 16.2. The number of carbonyl (C=O) groups excluding carboxylic acids is 2. The second-order valence-corrected chi connectivity index (χ2v) is 13.9. The molecule has 12 heteroatoms. The molecule has 52 heavy (non-hydrogen) atoms. The number of fused-ring (bicyclic) bond motifs is 1. The number of hydrogen-bond donors (Lipinski definition) is 6. The van der Waals surface area contributed by atoms with Gasteiger partial charge in [-0.15, -0.1) is 0 Å². The van der Waals surface area contributed by atoms with Gasteiger partial charge in [-0.3, -0.25) is 14.9 Å². The highest BCUT2D eigenvalue weighted by molar-refractivity contribution is 5.92. The summed E-state index contributed by atoms with van der Waals surface area (Å²) in [6, 6.07) is 25.2. The van der Waals surface area contributed by atoms with Crippen molar-refractivity contribution in [1.29, 1.82) is 0 Å². The fourth-order valence-corrected chi connectivity index (χ4v) is 6.45. The number of phenolic OH excluding ortho intramolecular Hbond substituents is 1. The fraction of sp³-hybridized carbons (Fsp3) is 0.300. The van der Waals surface area contributed by atoms with E-state index in [2.05, 4.69) is 40.0 Å². The number of aromatic amines is 1. The first-order valence-corrected chi connectivity index (χ1v) is 17.5. The van der Waals surface area contributed by atoms with Crippen LogP contribution in [-0.4, -0.2) is 76.5 Å². The SMILES string of the molecule is C[N+]1(C)CCC(OC(=O)Nc2cc(CCC(=O)Nc3ccc(CNC[C@H](O)c4ccc(O)c5[nH]c(=O)ccc45)cn3)ccc2-c2ccccc2)CC1. The van der Waals surface area contributed by atoms with Crippen molar-refractivity contribution in [2.75, 3.05) is 44.4 Å². The monoisotopic (exact) mass is 705 g/mol. The van der Waals surface area contributed by atoms with Gasteiger partial charge in [-0.1, -0.05) is 54.6 Å². The van der Waals surface area contributed by atoms with Crippen LogP contribution < -0.4 is 21.5 Å². The molecule has 0 spiro atoms. The minimum Gasteiger partial charge on any atom is -0.506 e. The molecule has 6 N–H and O–H groups in total. The molecular formula is C40H45N6O6+. The van der Waals surface area contributed by atoms with Crippen molar-refractivity contribution in [2.24, 2.45) is 0 Å². The first kappa shape index (κ1) is 36.2. The molecule has 270 valence electrons. The number of anilines is 2. The van der Waals surface area contributed by atoms with Crippen molar-refractivity contribution in [3.05, 3.63) is 118 Å². The zero-order valence-corrected chi connectivity index (χ0v) is 29.4. The van der Waals surface area contributed by atoms with E-state index in [4.69, 9.17) is 4.74 Å². The van der Waals surface area contributed by atoms with E-state index < -0.39 is 12.2 Å². The number of benzene rings is 3. The number of nitrogens with zero attached hydrogens (tertiary/aromatic N) is 2. The summed E-state index contributed by atoms with van der Waals surface area (Å²) in [5.74, 6) is 0.169. The highest BCUT2D eigenvalue weighted by atomic mass is 16.6. The van der Waals surface area contributed by atoms with Crippen molar-refractivity contribution in [1.82, 2.24) is 15.3 Å². The lowest BCUT2D eigenvalue weighted by molar-refractivity contribution is -0.896. The van der Waals surface area contributed by atoms with Crippen LogP contribution in [0.2, 0.25) is 0 Å². The van der Waals surface area contributed by atoms with E-state index in [1.165, 1.54) is 12.1 Å². The highest BCUT2D eigenvalue weighted by Crippen LogP contribution is 2.31. The molecule has 0 saturated carbocycles. The molecule has 2 aromatic heterocycles. The van der Waals surface area contributed by atoms with E-state index >= 15 is 0 Å². The predicted octanol–water partition coefficient (Wildman–Crippen LogP) is 5.48. The molecule has 3 heterocycles. The summed E-state index contributed by atoms with van der Waals surface area (Å²) in [5, 5.41) is 30.5. The van der Waals surface area contributed by atoms with Gasteiger partial charge < -0.3 is 35.1 Å². The average molecular weight is 706 g/mol. The molecule has 1 atom stereocenters. The number of quaternary nitrogens is 1. The predicted molar refractivity (Wildman–Crippen MR) is 201 cm³/mol. The van der Waals surface area contributed by atoms with Crippen molar-refractivity contribution in [3.8, 4) is 16.9 Å². The highest BCUT2D eigenvalue weighted by Gasteiger charge is 2.28. The summed E-state index contributed by atoms with van der Waals surface area (Å²) >= 11 is 0. The number of phenols is 1. The van der Waals surface area contributed by atoms with E-state index in [0.29, 0.717) is 35.4 Å². The Morgan fingerprint density at radius 1 is 0.962 bits per heavy atom. The Bertz CT molecular complexity index is 2070. The van der Waals surface area contributed by atoms with E-state index in [1.807, 2.05) is 54.6 Å². The van der Waals surface area contributed by atoms with Crippen LogP contribution in [0.15, 0.2) is 95.9 Å². The van der Waals surface area contributed by atoms with Crippen molar-refractivity contribution in [3.63, 3.8) is 0 Å². The number of aryl methyl sites for hydroxylation is 1. The maximum atomic E-state index is 13.0. The minimum absolute atomic E-state index is 0.0636. The molecule has 12 nitrogen and oxygen atoms in total. The maximum absolute atomic E-state index is 13.0. The Morgan fingerprint density at radius 3 is 2.48 bits per heavy atom. The lowest BCUT2D eigenvalue weighted by Crippen LogP contribution is -2.48. The summed E-state index contributed by atoms with van der Waals surface area (Å²) in [6.45, 7) is 2.56. The van der Waals surface area contributed by atoms with Gasteiger partial charge in [0.25, 0.3) is 0 Å². The number of pyridine rings is 2. The number of aromatic nitrogens is 2. The normalized spacial score (nSPS) is 14.8. The molecule has 0 bridgehead atoms. The molecule has 2 amide bonds. The number of likely N-dealkylation sites (tertiary alicyclic amines) is 1. The molecule has 5 aromatic rings. The molecular weight excluding hydrogens is 660 g/mol. The van der Waals surface area contributed by atoms with Gasteiger partial charge in [-0.25, -0.2) is 9.78 Å².